The van der Waals surface area contributed by atoms with Gasteiger partial charge >= 0.3 is 5.97 Å². The van der Waals surface area contributed by atoms with Crippen LogP contribution in [-0.4, -0.2) is 30.0 Å². The van der Waals surface area contributed by atoms with E-state index in [-0.39, 0.29) is 41.3 Å². The molecule has 0 spiro atoms. The SMILES string of the molecule is CCON=C(C(=O)O)c1ccccc1COc1cc(Cl)c(OCC#N)c(Cl)c1. The van der Waals surface area contributed by atoms with Gasteiger partial charge in [0.2, 0.25) is 0 Å². The summed E-state index contributed by atoms with van der Waals surface area (Å²) in [5, 5.41) is 22.1. The van der Waals surface area contributed by atoms with Crippen molar-refractivity contribution in [3.63, 3.8) is 0 Å². The van der Waals surface area contributed by atoms with Crippen LogP contribution >= 0.6 is 23.2 Å². The molecule has 7 nitrogen and oxygen atoms in total. The third kappa shape index (κ3) is 5.52. The first-order valence-electron chi connectivity index (χ1n) is 8.11. The average molecular weight is 423 g/mol. The molecule has 28 heavy (non-hydrogen) atoms. The van der Waals surface area contributed by atoms with Gasteiger partial charge in [0.25, 0.3) is 0 Å². The molecule has 0 aliphatic rings. The summed E-state index contributed by atoms with van der Waals surface area (Å²) in [6, 6.07) is 11.6. The largest absolute Gasteiger partial charge is 0.489 e. The lowest BCUT2D eigenvalue weighted by molar-refractivity contribution is -0.129. The number of nitrogens with zero attached hydrogens (tertiary/aromatic N) is 2. The third-order valence-electron chi connectivity index (χ3n) is 3.41. The van der Waals surface area contributed by atoms with Crippen molar-refractivity contribution in [2.24, 2.45) is 5.16 Å². The molecule has 0 aliphatic heterocycles. The number of carbonyl (C=O) groups is 1. The highest BCUT2D eigenvalue weighted by molar-refractivity contribution is 6.42. The summed E-state index contributed by atoms with van der Waals surface area (Å²) in [4.78, 5) is 16.4. The molecule has 9 heteroatoms. The van der Waals surface area contributed by atoms with Gasteiger partial charge in [-0.3, -0.25) is 0 Å². The van der Waals surface area contributed by atoms with E-state index in [1.807, 2.05) is 6.07 Å². The van der Waals surface area contributed by atoms with Crippen molar-refractivity contribution in [2.75, 3.05) is 13.2 Å². The second-order valence-electron chi connectivity index (χ2n) is 5.27. The molecule has 146 valence electrons. The highest BCUT2D eigenvalue weighted by Crippen LogP contribution is 2.37. The maximum Gasteiger partial charge on any atom is 0.358 e. The van der Waals surface area contributed by atoms with E-state index in [2.05, 4.69) is 5.16 Å². The first-order chi connectivity index (χ1) is 13.5. The second kappa shape index (κ2) is 10.4. The number of carboxylic acid groups (broad SMARTS) is 1. The zero-order valence-corrected chi connectivity index (χ0v) is 16.3. The molecule has 0 saturated carbocycles. The fourth-order valence-corrected chi connectivity index (χ4v) is 2.81. The van der Waals surface area contributed by atoms with Crippen LogP contribution in [0.15, 0.2) is 41.6 Å². The number of hydrogen-bond acceptors (Lipinski definition) is 6. The Morgan fingerprint density at radius 3 is 2.50 bits per heavy atom. The fraction of sp³-hybridized carbons (Fsp3) is 0.211. The normalized spacial score (nSPS) is 10.9. The third-order valence-corrected chi connectivity index (χ3v) is 3.97. The van der Waals surface area contributed by atoms with Crippen molar-refractivity contribution in [2.45, 2.75) is 13.5 Å². The van der Waals surface area contributed by atoms with Crippen LogP contribution in [0.2, 0.25) is 10.0 Å². The number of oxime groups is 1. The predicted molar refractivity (Wildman–Crippen MR) is 104 cm³/mol. The Balaban J connectivity index is 2.24. The minimum atomic E-state index is -1.22. The highest BCUT2D eigenvalue weighted by Gasteiger charge is 2.18. The maximum absolute atomic E-state index is 11.5. The van der Waals surface area contributed by atoms with Crippen LogP contribution < -0.4 is 9.47 Å². The number of carboxylic acids is 1. The molecule has 0 aromatic heterocycles. The van der Waals surface area contributed by atoms with E-state index in [4.69, 9.17) is 42.8 Å². The lowest BCUT2D eigenvalue weighted by atomic mass is 10.0. The van der Waals surface area contributed by atoms with Crippen molar-refractivity contribution < 1.29 is 24.2 Å². The standard InChI is InChI=1S/C19H16Cl2N2O5/c1-2-28-23-17(19(24)25)14-6-4-3-5-12(14)11-27-13-9-15(20)18(16(21)10-13)26-8-7-22/h3-6,9-10H,2,8,11H2,1H3,(H,24,25). The first-order valence-corrected chi connectivity index (χ1v) is 8.86. The Morgan fingerprint density at radius 1 is 1.21 bits per heavy atom. The number of rotatable bonds is 9. The van der Waals surface area contributed by atoms with Crippen molar-refractivity contribution in [1.29, 1.82) is 5.26 Å². The number of benzene rings is 2. The Morgan fingerprint density at radius 2 is 1.89 bits per heavy atom. The van der Waals surface area contributed by atoms with E-state index >= 15 is 0 Å². The second-order valence-corrected chi connectivity index (χ2v) is 6.09. The number of aliphatic carboxylic acids is 1. The lowest BCUT2D eigenvalue weighted by Gasteiger charge is -2.13. The molecule has 0 aliphatic carbocycles. The molecule has 0 fully saturated rings. The van der Waals surface area contributed by atoms with E-state index < -0.39 is 5.97 Å². The van der Waals surface area contributed by atoms with E-state index in [0.717, 1.165) is 0 Å². The Labute approximate surface area is 171 Å². The van der Waals surface area contributed by atoms with Crippen LogP contribution in [0.1, 0.15) is 18.1 Å². The minimum Gasteiger partial charge on any atom is -0.489 e. The molecule has 0 amide bonds. The lowest BCUT2D eigenvalue weighted by Crippen LogP contribution is -2.18. The molecule has 0 atom stereocenters. The molecular weight excluding hydrogens is 407 g/mol. The molecule has 2 aromatic rings. The van der Waals surface area contributed by atoms with Gasteiger partial charge in [0, 0.05) is 17.7 Å². The van der Waals surface area contributed by atoms with Gasteiger partial charge in [0.05, 0.1) is 10.0 Å². The van der Waals surface area contributed by atoms with Crippen LogP contribution in [0.5, 0.6) is 11.5 Å². The van der Waals surface area contributed by atoms with Crippen LogP contribution in [0.25, 0.3) is 0 Å². The topological polar surface area (TPSA) is 101 Å². The molecule has 2 rings (SSSR count). The smallest absolute Gasteiger partial charge is 0.358 e. The van der Waals surface area contributed by atoms with E-state index in [1.165, 1.54) is 12.1 Å². The number of hydrogen-bond donors (Lipinski definition) is 1. The first kappa shape index (κ1) is 21.4. The van der Waals surface area contributed by atoms with Crippen molar-refractivity contribution in [3.05, 3.63) is 57.6 Å². The van der Waals surface area contributed by atoms with Crippen LogP contribution in [0.3, 0.4) is 0 Å². The molecule has 0 unspecified atom stereocenters. The molecule has 0 heterocycles. The number of halogens is 2. The van der Waals surface area contributed by atoms with E-state index in [9.17, 15) is 9.90 Å². The predicted octanol–water partition coefficient (Wildman–Crippen LogP) is 4.30. The zero-order valence-electron chi connectivity index (χ0n) is 14.8. The Kier molecular flexibility index (Phi) is 7.93. The summed E-state index contributed by atoms with van der Waals surface area (Å²) < 4.78 is 10.9. The fourth-order valence-electron chi connectivity index (χ4n) is 2.23. The average Bonchev–Trinajstić information content (AvgIpc) is 2.66. The van der Waals surface area contributed by atoms with Gasteiger partial charge in [0.15, 0.2) is 18.1 Å². The Hall–Kier alpha value is -2.95. The summed E-state index contributed by atoms with van der Waals surface area (Å²) in [5.74, 6) is -0.673. The molecule has 0 bridgehead atoms. The van der Waals surface area contributed by atoms with Crippen LogP contribution in [0, 0.1) is 11.3 Å². The van der Waals surface area contributed by atoms with Gasteiger partial charge in [-0.1, -0.05) is 52.6 Å². The summed E-state index contributed by atoms with van der Waals surface area (Å²) in [5.41, 5.74) is 0.729. The molecule has 1 N–H and O–H groups in total. The zero-order chi connectivity index (χ0) is 20.5. The van der Waals surface area contributed by atoms with Crippen molar-refractivity contribution >= 4 is 34.9 Å². The summed E-state index contributed by atoms with van der Waals surface area (Å²) in [6.07, 6.45) is 0. The molecule has 0 saturated heterocycles. The quantitative estimate of drug-likeness (QED) is 0.477. The van der Waals surface area contributed by atoms with Gasteiger partial charge in [-0.2, -0.15) is 5.26 Å². The van der Waals surface area contributed by atoms with Gasteiger partial charge in [-0.15, -0.1) is 0 Å². The van der Waals surface area contributed by atoms with E-state index in [0.29, 0.717) is 16.9 Å². The van der Waals surface area contributed by atoms with Crippen LogP contribution in [0.4, 0.5) is 0 Å². The van der Waals surface area contributed by atoms with Crippen LogP contribution in [-0.2, 0) is 16.2 Å². The van der Waals surface area contributed by atoms with Crippen molar-refractivity contribution in [1.82, 2.24) is 0 Å². The van der Waals surface area contributed by atoms with Gasteiger partial charge < -0.3 is 19.4 Å². The summed E-state index contributed by atoms with van der Waals surface area (Å²) >= 11 is 12.2. The minimum absolute atomic E-state index is 0.0413. The number of ether oxygens (including phenoxy) is 2. The van der Waals surface area contributed by atoms with Crippen molar-refractivity contribution in [3.8, 4) is 17.6 Å². The van der Waals surface area contributed by atoms with Gasteiger partial charge in [-0.25, -0.2) is 4.79 Å². The maximum atomic E-state index is 11.5. The van der Waals surface area contributed by atoms with E-state index in [1.54, 1.807) is 31.2 Å². The summed E-state index contributed by atoms with van der Waals surface area (Å²) in [7, 11) is 0. The molecule has 0 radical (unpaired) electrons. The Bertz CT molecular complexity index is 902. The molecule has 2 aromatic carbocycles. The number of nitriles is 1. The summed E-state index contributed by atoms with van der Waals surface area (Å²) in [6.45, 7) is 1.80. The van der Waals surface area contributed by atoms with Gasteiger partial charge in [-0.05, 0) is 12.5 Å². The van der Waals surface area contributed by atoms with Gasteiger partial charge in [0.1, 0.15) is 25.0 Å². The highest BCUT2D eigenvalue weighted by atomic mass is 35.5. The monoisotopic (exact) mass is 422 g/mol. The molecular formula is C19H16Cl2N2O5.